The highest BCUT2D eigenvalue weighted by molar-refractivity contribution is 6.04. The molecule has 0 aliphatic carbocycles. The minimum Gasteiger partial charge on any atom is -0.465 e. The summed E-state index contributed by atoms with van der Waals surface area (Å²) >= 11 is 0. The highest BCUT2D eigenvalue weighted by Crippen LogP contribution is 2.24. The Balaban J connectivity index is 2.23. The van der Waals surface area contributed by atoms with E-state index in [0.717, 1.165) is 5.56 Å². The summed E-state index contributed by atoms with van der Waals surface area (Å²) in [4.78, 5) is 31.2. The van der Waals surface area contributed by atoms with Crippen LogP contribution in [0.1, 0.15) is 52.6 Å². The van der Waals surface area contributed by atoms with Crippen molar-refractivity contribution < 1.29 is 19.1 Å². The predicted molar refractivity (Wildman–Crippen MR) is 105 cm³/mol. The number of piperidine rings is 1. The summed E-state index contributed by atoms with van der Waals surface area (Å²) in [5, 5.41) is 0. The fraction of sp³-hybridized carbons (Fsp3) is 0.571. The molecule has 1 fully saturated rings. The second-order valence-electron chi connectivity index (χ2n) is 7.70. The lowest BCUT2D eigenvalue weighted by molar-refractivity contribution is -0.146. The smallest absolute Gasteiger partial charge is 0.410 e. The van der Waals surface area contributed by atoms with Crippen molar-refractivity contribution in [2.45, 2.75) is 52.7 Å². The molecule has 1 amide bonds. The van der Waals surface area contributed by atoms with Gasteiger partial charge in [-0.3, -0.25) is 9.79 Å². The molecule has 6 nitrogen and oxygen atoms in total. The van der Waals surface area contributed by atoms with E-state index in [1.807, 2.05) is 58.0 Å². The zero-order valence-corrected chi connectivity index (χ0v) is 16.9. The maximum absolute atomic E-state index is 12.4. The van der Waals surface area contributed by atoms with Crippen molar-refractivity contribution in [1.29, 1.82) is 0 Å². The number of likely N-dealkylation sites (tertiary alicyclic amines) is 1. The van der Waals surface area contributed by atoms with Crippen LogP contribution in [0.15, 0.2) is 35.3 Å². The van der Waals surface area contributed by atoms with E-state index < -0.39 is 11.5 Å². The van der Waals surface area contributed by atoms with Crippen molar-refractivity contribution in [2.24, 2.45) is 10.9 Å². The van der Waals surface area contributed by atoms with Crippen LogP contribution in [0.3, 0.4) is 0 Å². The Labute approximate surface area is 161 Å². The van der Waals surface area contributed by atoms with Crippen LogP contribution in [-0.4, -0.2) is 48.0 Å². The highest BCUT2D eigenvalue weighted by atomic mass is 16.6. The van der Waals surface area contributed by atoms with Crippen molar-refractivity contribution in [3.05, 3.63) is 35.9 Å². The number of amides is 1. The topological polar surface area (TPSA) is 68.2 Å². The Bertz CT molecular complexity index is 679. The Kier molecular flexibility index (Phi) is 6.99. The van der Waals surface area contributed by atoms with E-state index in [-0.39, 0.29) is 24.6 Å². The molecular weight excluding hydrogens is 344 g/mol. The number of nitrogens with zero attached hydrogens (tertiary/aromatic N) is 2. The lowest BCUT2D eigenvalue weighted by atomic mass is 9.94. The van der Waals surface area contributed by atoms with E-state index in [1.54, 1.807) is 11.8 Å². The third-order valence-electron chi connectivity index (χ3n) is 4.31. The number of ether oxygens (including phenoxy) is 2. The van der Waals surface area contributed by atoms with Crippen LogP contribution in [0, 0.1) is 5.92 Å². The van der Waals surface area contributed by atoms with Gasteiger partial charge in [0, 0.05) is 12.3 Å². The van der Waals surface area contributed by atoms with Crippen LogP contribution >= 0.6 is 0 Å². The fourth-order valence-electron chi connectivity index (χ4n) is 3.00. The zero-order valence-electron chi connectivity index (χ0n) is 16.9. The molecule has 0 N–H and O–H groups in total. The van der Waals surface area contributed by atoms with Gasteiger partial charge in [0.15, 0.2) is 0 Å². The first-order valence-electron chi connectivity index (χ1n) is 9.47. The lowest BCUT2D eigenvalue weighted by Gasteiger charge is -2.34. The van der Waals surface area contributed by atoms with Crippen molar-refractivity contribution in [3.8, 4) is 0 Å². The molecule has 6 heteroatoms. The first-order valence-corrected chi connectivity index (χ1v) is 9.47. The number of esters is 1. The van der Waals surface area contributed by atoms with Crippen molar-refractivity contribution in [1.82, 2.24) is 4.90 Å². The van der Waals surface area contributed by atoms with Gasteiger partial charge in [0.05, 0.1) is 25.1 Å². The minimum absolute atomic E-state index is 0.114. The first-order chi connectivity index (χ1) is 12.7. The molecule has 0 aromatic heterocycles. The number of aliphatic imine (C=N–C) groups is 1. The van der Waals surface area contributed by atoms with Gasteiger partial charge in [0.2, 0.25) is 0 Å². The molecule has 2 rings (SSSR count). The van der Waals surface area contributed by atoms with E-state index in [0.29, 0.717) is 25.3 Å². The molecule has 1 heterocycles. The average molecular weight is 374 g/mol. The summed E-state index contributed by atoms with van der Waals surface area (Å²) in [6.07, 6.45) is 0.100. The molecule has 1 aliphatic rings. The number of benzene rings is 1. The van der Waals surface area contributed by atoms with E-state index in [9.17, 15) is 9.59 Å². The summed E-state index contributed by atoms with van der Waals surface area (Å²) < 4.78 is 10.7. The Hall–Kier alpha value is -2.37. The zero-order chi connectivity index (χ0) is 20.0. The van der Waals surface area contributed by atoms with Gasteiger partial charge in [-0.15, -0.1) is 0 Å². The maximum Gasteiger partial charge on any atom is 0.410 e. The van der Waals surface area contributed by atoms with Crippen LogP contribution in [0.25, 0.3) is 0 Å². The number of hydrogen-bond donors (Lipinski definition) is 0. The SMILES string of the molecule is CCOC(=O)C1CCN(C(=O)OC(C)(C)C)CC1=NC(C)c1ccccc1. The Morgan fingerprint density at radius 3 is 2.52 bits per heavy atom. The Morgan fingerprint density at radius 2 is 1.93 bits per heavy atom. The second-order valence-corrected chi connectivity index (χ2v) is 7.70. The van der Waals surface area contributed by atoms with Gasteiger partial charge < -0.3 is 14.4 Å². The first kappa shape index (κ1) is 20.9. The largest absolute Gasteiger partial charge is 0.465 e. The molecule has 2 atom stereocenters. The summed E-state index contributed by atoms with van der Waals surface area (Å²) in [5.74, 6) is -0.699. The van der Waals surface area contributed by atoms with Gasteiger partial charge in [-0.25, -0.2) is 4.79 Å². The molecule has 0 spiro atoms. The highest BCUT2D eigenvalue weighted by Gasteiger charge is 2.35. The molecule has 1 saturated heterocycles. The monoisotopic (exact) mass is 374 g/mol. The van der Waals surface area contributed by atoms with E-state index in [4.69, 9.17) is 14.5 Å². The molecule has 0 radical (unpaired) electrons. The molecule has 1 aliphatic heterocycles. The van der Waals surface area contributed by atoms with Crippen LogP contribution in [0.2, 0.25) is 0 Å². The van der Waals surface area contributed by atoms with Crippen molar-refractivity contribution in [2.75, 3.05) is 19.7 Å². The number of rotatable bonds is 4. The van der Waals surface area contributed by atoms with Crippen LogP contribution in [0.4, 0.5) is 4.79 Å². The third kappa shape index (κ3) is 6.08. The average Bonchev–Trinajstić information content (AvgIpc) is 2.61. The van der Waals surface area contributed by atoms with Gasteiger partial charge in [-0.2, -0.15) is 0 Å². The van der Waals surface area contributed by atoms with Gasteiger partial charge in [-0.05, 0) is 46.6 Å². The number of carbonyl (C=O) groups excluding carboxylic acids is 2. The van der Waals surface area contributed by atoms with E-state index in [2.05, 4.69) is 0 Å². The molecule has 2 unspecified atom stereocenters. The standard InChI is InChI=1S/C21H30N2O4/c1-6-26-19(24)17-12-13-23(20(25)27-21(3,4)5)14-18(17)22-15(2)16-10-8-7-9-11-16/h7-11,15,17H,6,12-14H2,1-5H3. The summed E-state index contributed by atoms with van der Waals surface area (Å²) in [5.41, 5.74) is 1.16. The molecule has 148 valence electrons. The maximum atomic E-state index is 12.4. The molecule has 1 aromatic rings. The summed E-state index contributed by atoms with van der Waals surface area (Å²) in [7, 11) is 0. The third-order valence-corrected chi connectivity index (χ3v) is 4.31. The Morgan fingerprint density at radius 1 is 1.26 bits per heavy atom. The van der Waals surface area contributed by atoms with Crippen LogP contribution in [-0.2, 0) is 14.3 Å². The minimum atomic E-state index is -0.566. The summed E-state index contributed by atoms with van der Waals surface area (Å²) in [6.45, 7) is 10.3. The fourth-order valence-corrected chi connectivity index (χ4v) is 3.00. The summed E-state index contributed by atoms with van der Waals surface area (Å²) in [6, 6.07) is 9.77. The molecular formula is C21H30N2O4. The number of hydrogen-bond acceptors (Lipinski definition) is 5. The molecule has 0 bridgehead atoms. The van der Waals surface area contributed by atoms with Crippen LogP contribution < -0.4 is 0 Å². The second kappa shape index (κ2) is 9.02. The van der Waals surface area contributed by atoms with Crippen LogP contribution in [0.5, 0.6) is 0 Å². The molecule has 1 aromatic carbocycles. The lowest BCUT2D eigenvalue weighted by Crippen LogP contribution is -2.48. The number of carbonyl (C=O) groups is 2. The van der Waals surface area contributed by atoms with Gasteiger partial charge in [0.25, 0.3) is 0 Å². The quantitative estimate of drug-likeness (QED) is 0.747. The van der Waals surface area contributed by atoms with Crippen molar-refractivity contribution >= 4 is 17.8 Å². The van der Waals surface area contributed by atoms with E-state index in [1.165, 1.54) is 0 Å². The van der Waals surface area contributed by atoms with Gasteiger partial charge >= 0.3 is 12.1 Å². The van der Waals surface area contributed by atoms with Gasteiger partial charge in [-0.1, -0.05) is 30.3 Å². The van der Waals surface area contributed by atoms with Crippen molar-refractivity contribution in [3.63, 3.8) is 0 Å². The molecule has 0 saturated carbocycles. The van der Waals surface area contributed by atoms with Gasteiger partial charge in [0.1, 0.15) is 5.60 Å². The predicted octanol–water partition coefficient (Wildman–Crippen LogP) is 4.01. The molecule has 27 heavy (non-hydrogen) atoms. The van der Waals surface area contributed by atoms with E-state index >= 15 is 0 Å². The normalized spacial score (nSPS) is 20.3.